The van der Waals surface area contributed by atoms with Gasteiger partial charge < -0.3 is 10.6 Å². The van der Waals surface area contributed by atoms with E-state index >= 15 is 0 Å². The summed E-state index contributed by atoms with van der Waals surface area (Å²) in [5, 5.41) is 6.39. The van der Waals surface area contributed by atoms with Crippen molar-refractivity contribution in [1.29, 1.82) is 0 Å². The van der Waals surface area contributed by atoms with E-state index in [4.69, 9.17) is 0 Å². The van der Waals surface area contributed by atoms with Crippen LogP contribution < -0.4 is 10.6 Å². The molecule has 1 heterocycles. The first-order valence-electron chi connectivity index (χ1n) is 6.22. The first-order valence-corrected chi connectivity index (χ1v) is 8.04. The van der Waals surface area contributed by atoms with E-state index in [9.17, 15) is 8.42 Å². The quantitative estimate of drug-likeness (QED) is 0.426. The molecule has 1 atom stereocenters. The molecular formula is C11H23N3O2S. The van der Waals surface area contributed by atoms with E-state index in [-0.39, 0.29) is 5.92 Å². The average Bonchev–Trinajstić information content (AvgIpc) is 2.63. The van der Waals surface area contributed by atoms with Crippen molar-refractivity contribution in [2.45, 2.75) is 26.2 Å². The highest BCUT2D eigenvalue weighted by molar-refractivity contribution is 7.91. The van der Waals surface area contributed by atoms with E-state index in [1.54, 1.807) is 7.05 Å². The second kappa shape index (κ2) is 6.83. The molecule has 1 aliphatic heterocycles. The molecule has 0 saturated carbocycles. The normalized spacial score (nSPS) is 23.6. The highest BCUT2D eigenvalue weighted by Crippen LogP contribution is 2.17. The molecule has 2 N–H and O–H groups in total. The first kappa shape index (κ1) is 14.3. The van der Waals surface area contributed by atoms with E-state index in [0.717, 1.165) is 31.8 Å². The lowest BCUT2D eigenvalue weighted by molar-refractivity contribution is 0.566. The Balaban J connectivity index is 2.24. The Morgan fingerprint density at radius 2 is 2.18 bits per heavy atom. The summed E-state index contributed by atoms with van der Waals surface area (Å²) in [5.41, 5.74) is 0. The van der Waals surface area contributed by atoms with Crippen LogP contribution in [0.1, 0.15) is 26.2 Å². The summed E-state index contributed by atoms with van der Waals surface area (Å²) in [6.07, 6.45) is 3.02. The van der Waals surface area contributed by atoms with E-state index in [2.05, 4.69) is 22.5 Å². The lowest BCUT2D eigenvalue weighted by Crippen LogP contribution is -2.40. The second-order valence-corrected chi connectivity index (χ2v) is 6.73. The molecule has 1 fully saturated rings. The van der Waals surface area contributed by atoms with E-state index in [0.29, 0.717) is 18.1 Å². The molecule has 0 radical (unpaired) electrons. The third-order valence-electron chi connectivity index (χ3n) is 2.93. The lowest BCUT2D eigenvalue weighted by Gasteiger charge is -2.14. The number of nitrogens with one attached hydrogen (secondary N) is 2. The summed E-state index contributed by atoms with van der Waals surface area (Å²) in [5.74, 6) is 1.64. The minimum Gasteiger partial charge on any atom is -0.356 e. The van der Waals surface area contributed by atoms with Crippen LogP contribution in [-0.2, 0) is 9.84 Å². The maximum atomic E-state index is 11.3. The van der Waals surface area contributed by atoms with Crippen LogP contribution >= 0.6 is 0 Å². The molecule has 1 rings (SSSR count). The molecule has 0 aromatic rings. The van der Waals surface area contributed by atoms with Gasteiger partial charge in [0.15, 0.2) is 15.8 Å². The zero-order valence-electron chi connectivity index (χ0n) is 10.7. The van der Waals surface area contributed by atoms with E-state index in [1.807, 2.05) is 0 Å². The third kappa shape index (κ3) is 5.39. The van der Waals surface area contributed by atoms with Crippen molar-refractivity contribution in [2.75, 3.05) is 31.6 Å². The van der Waals surface area contributed by atoms with Crippen LogP contribution in [0.3, 0.4) is 0 Å². The molecule has 0 aromatic carbocycles. The van der Waals surface area contributed by atoms with Gasteiger partial charge in [-0.1, -0.05) is 13.3 Å². The minimum atomic E-state index is -2.77. The maximum Gasteiger partial charge on any atom is 0.190 e. The third-order valence-corrected chi connectivity index (χ3v) is 4.77. The Bertz CT molecular complexity index is 352. The molecule has 17 heavy (non-hydrogen) atoms. The molecule has 0 amide bonds. The summed E-state index contributed by atoms with van der Waals surface area (Å²) in [6, 6.07) is 0. The van der Waals surface area contributed by atoms with Gasteiger partial charge in [0.2, 0.25) is 0 Å². The first-order chi connectivity index (χ1) is 8.07. The van der Waals surface area contributed by atoms with Gasteiger partial charge in [-0.25, -0.2) is 8.42 Å². The summed E-state index contributed by atoms with van der Waals surface area (Å²) in [6.45, 7) is 3.73. The topological polar surface area (TPSA) is 70.6 Å². The number of nitrogens with zero attached hydrogens (tertiary/aromatic N) is 1. The standard InChI is InChI=1S/C11H23N3O2S/c1-3-4-6-13-11(12-2)14-8-10-5-7-17(15,16)9-10/h10H,3-9H2,1-2H3,(H2,12,13,14). The molecular weight excluding hydrogens is 238 g/mol. The fourth-order valence-electron chi connectivity index (χ4n) is 1.88. The zero-order chi connectivity index (χ0) is 12.7. The maximum absolute atomic E-state index is 11.3. The van der Waals surface area contributed by atoms with Gasteiger partial charge in [-0.05, 0) is 18.8 Å². The fraction of sp³-hybridized carbons (Fsp3) is 0.909. The Labute approximate surface area is 104 Å². The van der Waals surface area contributed by atoms with Crippen molar-refractivity contribution in [3.05, 3.63) is 0 Å². The highest BCUT2D eigenvalue weighted by atomic mass is 32.2. The predicted molar refractivity (Wildman–Crippen MR) is 71.0 cm³/mol. The summed E-state index contributed by atoms with van der Waals surface area (Å²) < 4.78 is 22.6. The zero-order valence-corrected chi connectivity index (χ0v) is 11.5. The minimum absolute atomic E-state index is 0.227. The monoisotopic (exact) mass is 261 g/mol. The van der Waals surface area contributed by atoms with Crippen molar-refractivity contribution in [1.82, 2.24) is 10.6 Å². The van der Waals surface area contributed by atoms with Crippen molar-refractivity contribution in [2.24, 2.45) is 10.9 Å². The number of hydrogen-bond donors (Lipinski definition) is 2. The predicted octanol–water partition coefficient (Wildman–Crippen LogP) is 0.386. The van der Waals surface area contributed by atoms with E-state index < -0.39 is 9.84 Å². The van der Waals surface area contributed by atoms with Crippen LogP contribution in [0.4, 0.5) is 0 Å². The SMILES string of the molecule is CCCCNC(=NC)NCC1CCS(=O)(=O)C1. The largest absolute Gasteiger partial charge is 0.356 e. The Kier molecular flexibility index (Phi) is 5.74. The van der Waals surface area contributed by atoms with Gasteiger partial charge in [0.25, 0.3) is 0 Å². The number of unbranched alkanes of at least 4 members (excludes halogenated alkanes) is 1. The second-order valence-electron chi connectivity index (χ2n) is 4.50. The fourth-order valence-corrected chi connectivity index (χ4v) is 3.74. The Morgan fingerprint density at radius 3 is 2.71 bits per heavy atom. The molecule has 1 saturated heterocycles. The van der Waals surface area contributed by atoms with Crippen LogP contribution in [0.25, 0.3) is 0 Å². The van der Waals surface area contributed by atoms with Crippen molar-refractivity contribution in [3.63, 3.8) is 0 Å². The number of hydrogen-bond acceptors (Lipinski definition) is 3. The smallest absolute Gasteiger partial charge is 0.190 e. The number of sulfone groups is 1. The van der Waals surface area contributed by atoms with Crippen molar-refractivity contribution in [3.8, 4) is 0 Å². The highest BCUT2D eigenvalue weighted by Gasteiger charge is 2.27. The summed E-state index contributed by atoms with van der Waals surface area (Å²) in [7, 11) is -1.04. The van der Waals surface area contributed by atoms with Crippen molar-refractivity contribution < 1.29 is 8.42 Å². The van der Waals surface area contributed by atoms with Gasteiger partial charge in [0, 0.05) is 20.1 Å². The molecule has 5 nitrogen and oxygen atoms in total. The summed E-state index contributed by atoms with van der Waals surface area (Å²) >= 11 is 0. The van der Waals surface area contributed by atoms with Crippen LogP contribution in [0.5, 0.6) is 0 Å². The molecule has 0 bridgehead atoms. The van der Waals surface area contributed by atoms with Gasteiger partial charge in [0.05, 0.1) is 11.5 Å². The number of aliphatic imine (C=N–C) groups is 1. The van der Waals surface area contributed by atoms with Crippen molar-refractivity contribution >= 4 is 15.8 Å². The number of rotatable bonds is 5. The molecule has 6 heteroatoms. The van der Waals surface area contributed by atoms with Crippen LogP contribution in [-0.4, -0.2) is 46.0 Å². The Morgan fingerprint density at radius 1 is 1.41 bits per heavy atom. The number of guanidine groups is 1. The molecule has 0 aromatic heterocycles. The van der Waals surface area contributed by atoms with Crippen LogP contribution in [0.2, 0.25) is 0 Å². The molecule has 100 valence electrons. The van der Waals surface area contributed by atoms with Gasteiger partial charge in [-0.3, -0.25) is 4.99 Å². The molecule has 0 spiro atoms. The van der Waals surface area contributed by atoms with Gasteiger partial charge in [-0.2, -0.15) is 0 Å². The average molecular weight is 261 g/mol. The molecule has 1 unspecified atom stereocenters. The summed E-state index contributed by atoms with van der Waals surface area (Å²) in [4.78, 5) is 4.10. The molecule has 0 aliphatic carbocycles. The molecule has 1 aliphatic rings. The van der Waals surface area contributed by atoms with Crippen LogP contribution in [0.15, 0.2) is 4.99 Å². The van der Waals surface area contributed by atoms with Gasteiger partial charge in [0.1, 0.15) is 0 Å². The van der Waals surface area contributed by atoms with Gasteiger partial charge in [-0.15, -0.1) is 0 Å². The van der Waals surface area contributed by atoms with Gasteiger partial charge >= 0.3 is 0 Å². The van der Waals surface area contributed by atoms with E-state index in [1.165, 1.54) is 0 Å². The Hall–Kier alpha value is -0.780. The lowest BCUT2D eigenvalue weighted by atomic mass is 10.1. The van der Waals surface area contributed by atoms with Crippen LogP contribution in [0, 0.1) is 5.92 Å².